The molecular formula is C45H46ClF7LiN11O6. The number of aliphatic carboxylic acids is 1. The average molecular weight is 1010 g/mol. The predicted molar refractivity (Wildman–Crippen MR) is 244 cm³/mol. The molecule has 3 aromatic heterocycles. The summed E-state index contributed by atoms with van der Waals surface area (Å²) in [5, 5.41) is 23.2. The molecule has 17 nitrogen and oxygen atoms in total. The molecule has 1 amide bonds. The minimum absolute atomic E-state index is 0. The Hall–Kier alpha value is -6.97. The molecule has 374 valence electrons. The van der Waals surface area contributed by atoms with Crippen LogP contribution in [-0.2, 0) is 19.1 Å². The maximum atomic E-state index is 13.4. The summed E-state index contributed by atoms with van der Waals surface area (Å²) in [6, 6.07) is 13.5. The molecule has 8 rings (SSSR count). The molecule has 5 heterocycles. The molecule has 2 aliphatic rings. The zero-order chi connectivity index (χ0) is 49.8. The van der Waals surface area contributed by atoms with Crippen molar-refractivity contribution in [3.8, 4) is 34.2 Å². The molecule has 0 unspecified atom stereocenters. The van der Waals surface area contributed by atoms with Crippen molar-refractivity contribution >= 4 is 48.9 Å². The summed E-state index contributed by atoms with van der Waals surface area (Å²) < 4.78 is 97.2. The Morgan fingerprint density at radius 1 is 0.634 bits per heavy atom. The number of nitrogens with zero attached hydrogens (tertiary/aromatic N) is 10. The maximum absolute atomic E-state index is 13.4. The van der Waals surface area contributed by atoms with E-state index in [2.05, 4.69) is 35.6 Å². The van der Waals surface area contributed by atoms with E-state index in [4.69, 9.17) is 9.84 Å². The largest absolute Gasteiger partial charge is 1.00 e. The van der Waals surface area contributed by atoms with E-state index in [9.17, 15) is 45.1 Å². The molecule has 0 radical (unpaired) electrons. The molecule has 2 aliphatic heterocycles. The molecule has 3 N–H and O–H groups in total. The van der Waals surface area contributed by atoms with Crippen LogP contribution in [0.4, 0.5) is 30.7 Å². The fourth-order valence-electron chi connectivity index (χ4n) is 5.81. The standard InChI is InChI=1S/C15H13F3N4O.C15H16FN3O2.C12H10FN3O2.C3H5F2N.ClH.Li.H2O/c1-10-4-11(6-12(16)5-10)14-19-9-22(20-14)3-2-13(23)21-7-15(17,18)8-21;1-10(2)21-14(20)4-5-19-9-17-15(18-19)12-6-11(3)7-13(16)8-12;1-8-4-9(6-10(13)5-8)12-14-7-16(15-12)3-2-11(17)18;4-3(5)1-6-2-3;;;/h2-6,9H,7-8H2,1H3;4-10H,1-3H3;2-7H,1H3,(H,17,18);6H,1-2H2;1H;;1H2/q;;;;;+1;/p-1/b3-2-;5-4-;3-2-;;;;. The van der Waals surface area contributed by atoms with Gasteiger partial charge in [-0.3, -0.25) is 4.79 Å². The smallest absolute Gasteiger partial charge is 0.870 e. The summed E-state index contributed by atoms with van der Waals surface area (Å²) in [6.45, 7) is 7.46. The first-order valence-electron chi connectivity index (χ1n) is 20.3. The van der Waals surface area contributed by atoms with Gasteiger partial charge in [0.05, 0.1) is 32.3 Å². The van der Waals surface area contributed by atoms with Crippen LogP contribution in [0.3, 0.4) is 0 Å². The number of halogens is 8. The van der Waals surface area contributed by atoms with E-state index in [1.54, 1.807) is 52.8 Å². The molecule has 0 spiro atoms. The molecule has 0 bridgehead atoms. The van der Waals surface area contributed by atoms with Crippen LogP contribution in [-0.4, -0.2) is 122 Å². The summed E-state index contributed by atoms with van der Waals surface area (Å²) in [4.78, 5) is 46.5. The number of nitrogens with one attached hydrogen (secondary N) is 1. The second kappa shape index (κ2) is 26.9. The molecule has 71 heavy (non-hydrogen) atoms. The Balaban J connectivity index is 0.000000339. The van der Waals surface area contributed by atoms with Crippen LogP contribution in [0.25, 0.3) is 52.8 Å². The van der Waals surface area contributed by atoms with Crippen LogP contribution >= 0.6 is 12.4 Å². The number of amides is 1. The second-order valence-electron chi connectivity index (χ2n) is 15.5. The zero-order valence-corrected chi connectivity index (χ0v) is 39.7. The summed E-state index contributed by atoms with van der Waals surface area (Å²) in [5.41, 5.74) is 3.95. The number of carbonyl (C=O) groups excluding carboxylic acids is 2. The van der Waals surface area contributed by atoms with Crippen molar-refractivity contribution in [3.05, 3.63) is 126 Å². The first-order valence-corrected chi connectivity index (χ1v) is 20.3. The number of benzene rings is 3. The Morgan fingerprint density at radius 2 is 0.986 bits per heavy atom. The van der Waals surface area contributed by atoms with E-state index in [-0.39, 0.29) is 73.4 Å². The maximum Gasteiger partial charge on any atom is 1.00 e. The quantitative estimate of drug-likeness (QED) is 0.0833. The van der Waals surface area contributed by atoms with Crippen LogP contribution < -0.4 is 24.2 Å². The Bertz CT molecular complexity index is 2760. The normalized spacial score (nSPS) is 14.0. The molecule has 3 aromatic carbocycles. The summed E-state index contributed by atoms with van der Waals surface area (Å²) >= 11 is 0. The number of carbonyl (C=O) groups is 3. The monoisotopic (exact) mass is 1010 g/mol. The van der Waals surface area contributed by atoms with E-state index in [0.29, 0.717) is 34.2 Å². The van der Waals surface area contributed by atoms with E-state index in [1.807, 2.05) is 0 Å². The van der Waals surface area contributed by atoms with Gasteiger partial charge < -0.3 is 25.5 Å². The summed E-state index contributed by atoms with van der Waals surface area (Å²) in [6.07, 6.45) is 11.3. The molecule has 6 aromatic rings. The zero-order valence-electron chi connectivity index (χ0n) is 38.9. The molecular weight excluding hydrogens is 966 g/mol. The number of carboxylic acids is 1. The first kappa shape index (κ1) is 60.1. The van der Waals surface area contributed by atoms with Crippen molar-refractivity contribution in [2.24, 2.45) is 0 Å². The van der Waals surface area contributed by atoms with Gasteiger partial charge in [0.2, 0.25) is 5.91 Å². The number of rotatable bonds is 10. The fraction of sp³-hybridized carbons (Fsp3) is 0.267. The Morgan fingerprint density at radius 3 is 1.28 bits per heavy atom. The van der Waals surface area contributed by atoms with Gasteiger partial charge >= 0.3 is 30.8 Å². The van der Waals surface area contributed by atoms with E-state index >= 15 is 0 Å². The third kappa shape index (κ3) is 19.7. The van der Waals surface area contributed by atoms with Crippen LogP contribution in [0.2, 0.25) is 0 Å². The van der Waals surface area contributed by atoms with Gasteiger partial charge in [0.15, 0.2) is 17.5 Å². The molecule has 0 saturated carbocycles. The van der Waals surface area contributed by atoms with Crippen LogP contribution in [0.15, 0.2) is 91.8 Å². The number of aromatic nitrogens is 9. The fourth-order valence-corrected chi connectivity index (χ4v) is 5.81. The van der Waals surface area contributed by atoms with Gasteiger partial charge in [0.1, 0.15) is 36.4 Å². The van der Waals surface area contributed by atoms with Crippen molar-refractivity contribution in [2.75, 3.05) is 26.2 Å². The van der Waals surface area contributed by atoms with Gasteiger partial charge in [0, 0.05) is 53.5 Å². The average Bonchev–Trinajstić information content (AvgIpc) is 4.02. The molecule has 0 aliphatic carbocycles. The predicted octanol–water partition coefficient (Wildman–Crippen LogP) is 4.58. The van der Waals surface area contributed by atoms with Crippen LogP contribution in [0.1, 0.15) is 30.5 Å². The van der Waals surface area contributed by atoms with Crippen molar-refractivity contribution in [1.29, 1.82) is 0 Å². The number of hydrogen-bond acceptors (Lipinski definition) is 12. The van der Waals surface area contributed by atoms with Crippen molar-refractivity contribution in [3.63, 3.8) is 0 Å². The first-order chi connectivity index (χ1) is 32.0. The summed E-state index contributed by atoms with van der Waals surface area (Å²) in [7, 11) is 0. The molecule has 2 fully saturated rings. The van der Waals surface area contributed by atoms with Gasteiger partial charge in [-0.25, -0.2) is 69.3 Å². The second-order valence-corrected chi connectivity index (χ2v) is 15.5. The van der Waals surface area contributed by atoms with Gasteiger partial charge in [-0.2, -0.15) is 0 Å². The number of hydrogen-bond donors (Lipinski definition) is 2. The van der Waals surface area contributed by atoms with Gasteiger partial charge in [-0.1, -0.05) is 0 Å². The van der Waals surface area contributed by atoms with Crippen molar-refractivity contribution < 1.29 is 79.3 Å². The number of likely N-dealkylation sites (tertiary alicyclic amines) is 1. The van der Waals surface area contributed by atoms with Crippen LogP contribution in [0.5, 0.6) is 0 Å². The van der Waals surface area contributed by atoms with E-state index in [0.717, 1.165) is 33.7 Å². The van der Waals surface area contributed by atoms with Crippen molar-refractivity contribution in [1.82, 2.24) is 54.5 Å². The third-order valence-electron chi connectivity index (χ3n) is 8.80. The number of esters is 1. The van der Waals surface area contributed by atoms with Crippen LogP contribution in [0, 0.1) is 38.2 Å². The van der Waals surface area contributed by atoms with Gasteiger partial charge in [0.25, 0.3) is 11.8 Å². The number of alkyl halides is 4. The van der Waals surface area contributed by atoms with E-state index in [1.165, 1.54) is 94.1 Å². The number of carboxylic acid groups (broad SMARTS) is 1. The van der Waals surface area contributed by atoms with E-state index < -0.39 is 42.8 Å². The summed E-state index contributed by atoms with van der Waals surface area (Å²) in [5.74, 6) is -7.28. The van der Waals surface area contributed by atoms with Gasteiger partial charge in [-0.15, -0.1) is 27.7 Å². The minimum atomic E-state index is -2.79. The number of aryl methyl sites for hydroxylation is 3. The minimum Gasteiger partial charge on any atom is -0.870 e. The van der Waals surface area contributed by atoms with Crippen molar-refractivity contribution in [2.45, 2.75) is 52.6 Å². The Labute approximate surface area is 420 Å². The third-order valence-corrected chi connectivity index (χ3v) is 8.80. The number of ether oxygens (including phenoxy) is 1. The molecule has 2 saturated heterocycles. The molecule has 26 heteroatoms. The van der Waals surface area contributed by atoms with Gasteiger partial charge in [-0.05, 0) is 106 Å². The topological polar surface area (TPSA) is 218 Å². The molecule has 0 atom stereocenters. The Kier molecular flexibility index (Phi) is 22.7. The SMILES string of the molecule is Cc1cc(F)cc(-c2ncn(/C=C\C(=O)N3CC(F)(F)C3)n2)c1.Cc1cc(F)cc(-c2ncn(/C=C\C(=O)O)n2)c1.Cc1cc(F)cc(-c2ncn(/C=C\C(=O)OC(C)C)n2)c1.Cl.FC1(F)CNC1.[Li+].[OH-].